The highest BCUT2D eigenvalue weighted by Crippen LogP contribution is 2.28. The average Bonchev–Trinajstić information content (AvgIpc) is 2.63. The molecular formula is C20H24N2O5. The first-order chi connectivity index (χ1) is 13.0. The van der Waals surface area contributed by atoms with Gasteiger partial charge in [0.15, 0.2) is 18.1 Å². The topological polar surface area (TPSA) is 96.9 Å². The van der Waals surface area contributed by atoms with Gasteiger partial charge in [-0.25, -0.2) is 0 Å². The molecule has 0 heterocycles. The molecule has 2 aromatic rings. The molecule has 0 radical (unpaired) electrons. The van der Waals surface area contributed by atoms with E-state index in [0.717, 1.165) is 16.8 Å². The third-order valence-corrected chi connectivity index (χ3v) is 3.69. The third-order valence-electron chi connectivity index (χ3n) is 3.69. The lowest BCUT2D eigenvalue weighted by Gasteiger charge is -2.14. The molecule has 2 aromatic carbocycles. The van der Waals surface area contributed by atoms with Crippen molar-refractivity contribution in [2.24, 2.45) is 0 Å². The van der Waals surface area contributed by atoms with Crippen molar-refractivity contribution in [3.63, 3.8) is 0 Å². The maximum absolute atomic E-state index is 12.1. The molecule has 1 amide bonds. The van der Waals surface area contributed by atoms with E-state index in [-0.39, 0.29) is 19.1 Å². The quantitative estimate of drug-likeness (QED) is 0.593. The van der Waals surface area contributed by atoms with Gasteiger partial charge in [-0.15, -0.1) is 0 Å². The van der Waals surface area contributed by atoms with Crippen LogP contribution >= 0.6 is 0 Å². The van der Waals surface area contributed by atoms with Crippen LogP contribution in [0.3, 0.4) is 0 Å². The van der Waals surface area contributed by atoms with Crippen molar-refractivity contribution in [3.05, 3.63) is 53.6 Å². The molecule has 2 rings (SSSR count). The zero-order valence-electron chi connectivity index (χ0n) is 15.5. The highest BCUT2D eigenvalue weighted by Gasteiger charge is 2.10. The van der Waals surface area contributed by atoms with E-state index >= 15 is 0 Å². The average molecular weight is 372 g/mol. The maximum atomic E-state index is 12.1. The Bertz CT molecular complexity index is 792. The predicted molar refractivity (Wildman–Crippen MR) is 102 cm³/mol. The largest absolute Gasteiger partial charge is 0.490 e. The molecule has 0 fully saturated rings. The highest BCUT2D eigenvalue weighted by atomic mass is 16.5. The summed E-state index contributed by atoms with van der Waals surface area (Å²) in [6.07, 6.45) is 0. The molecule has 3 N–H and O–H groups in total. The van der Waals surface area contributed by atoms with Gasteiger partial charge < -0.3 is 25.2 Å². The van der Waals surface area contributed by atoms with Gasteiger partial charge in [0.25, 0.3) is 5.91 Å². The van der Waals surface area contributed by atoms with Gasteiger partial charge in [0.2, 0.25) is 0 Å². The highest BCUT2D eigenvalue weighted by molar-refractivity contribution is 5.92. The van der Waals surface area contributed by atoms with Crippen LogP contribution in [0.2, 0.25) is 0 Å². The zero-order chi connectivity index (χ0) is 19.6. The fraction of sp³-hybridized carbons (Fsp3) is 0.300. The number of carboxylic acids is 1. The lowest BCUT2D eigenvalue weighted by molar-refractivity contribution is -0.136. The Labute approximate surface area is 158 Å². The van der Waals surface area contributed by atoms with Crippen LogP contribution in [0.1, 0.15) is 18.1 Å². The Hall–Kier alpha value is -3.06. The van der Waals surface area contributed by atoms with E-state index in [9.17, 15) is 9.59 Å². The number of rotatable bonds is 10. The first-order valence-corrected chi connectivity index (χ1v) is 8.66. The number of amides is 1. The van der Waals surface area contributed by atoms with Crippen molar-refractivity contribution in [1.82, 2.24) is 5.32 Å². The summed E-state index contributed by atoms with van der Waals surface area (Å²) in [5, 5.41) is 14.3. The summed E-state index contributed by atoms with van der Waals surface area (Å²) in [6, 6.07) is 12.8. The molecule has 0 saturated carbocycles. The maximum Gasteiger partial charge on any atom is 0.317 e. The van der Waals surface area contributed by atoms with Crippen molar-refractivity contribution in [2.75, 3.05) is 25.1 Å². The van der Waals surface area contributed by atoms with E-state index in [1.807, 2.05) is 38.1 Å². The summed E-state index contributed by atoms with van der Waals surface area (Å²) < 4.78 is 11.2. The number of hydrogen-bond donors (Lipinski definition) is 3. The Morgan fingerprint density at radius 3 is 2.56 bits per heavy atom. The normalized spacial score (nSPS) is 10.3. The number of hydrogen-bond acceptors (Lipinski definition) is 5. The van der Waals surface area contributed by atoms with Crippen LogP contribution in [0.25, 0.3) is 0 Å². The van der Waals surface area contributed by atoms with E-state index in [1.54, 1.807) is 18.2 Å². The molecular weight excluding hydrogens is 348 g/mol. The van der Waals surface area contributed by atoms with Gasteiger partial charge in [-0.2, -0.15) is 0 Å². The van der Waals surface area contributed by atoms with Crippen molar-refractivity contribution < 1.29 is 24.2 Å². The van der Waals surface area contributed by atoms with E-state index < -0.39 is 5.97 Å². The van der Waals surface area contributed by atoms with E-state index in [1.165, 1.54) is 0 Å². The number of carbonyl (C=O) groups excluding carboxylic acids is 1. The van der Waals surface area contributed by atoms with Crippen LogP contribution < -0.4 is 20.1 Å². The molecule has 0 spiro atoms. The van der Waals surface area contributed by atoms with Gasteiger partial charge >= 0.3 is 5.97 Å². The molecule has 0 aliphatic carbocycles. The standard InChI is InChI=1S/C20H24N2O5/c1-3-26-18-10-15(11-21-12-20(24)25)8-9-17(18)27-13-19(23)22-16-7-5-4-6-14(16)2/h4-10,21H,3,11-13H2,1-2H3,(H,22,23)(H,24,25). The van der Waals surface area contributed by atoms with Crippen LogP contribution in [0.5, 0.6) is 11.5 Å². The second-order valence-electron chi connectivity index (χ2n) is 5.86. The molecule has 0 bridgehead atoms. The number of nitrogens with one attached hydrogen (secondary N) is 2. The lowest BCUT2D eigenvalue weighted by Crippen LogP contribution is -2.22. The zero-order valence-corrected chi connectivity index (χ0v) is 15.5. The Morgan fingerprint density at radius 2 is 1.85 bits per heavy atom. The van der Waals surface area contributed by atoms with Crippen molar-refractivity contribution in [1.29, 1.82) is 0 Å². The fourth-order valence-corrected chi connectivity index (χ4v) is 2.41. The summed E-state index contributed by atoms with van der Waals surface area (Å²) in [5.74, 6) is -0.215. The molecule has 144 valence electrons. The second-order valence-corrected chi connectivity index (χ2v) is 5.86. The minimum Gasteiger partial charge on any atom is -0.490 e. The SMILES string of the molecule is CCOc1cc(CNCC(=O)O)ccc1OCC(=O)Nc1ccccc1C. The van der Waals surface area contributed by atoms with Crippen LogP contribution in [0, 0.1) is 6.92 Å². The number of para-hydroxylation sites is 1. The molecule has 27 heavy (non-hydrogen) atoms. The Kier molecular flexibility index (Phi) is 7.63. The van der Waals surface area contributed by atoms with Crippen molar-refractivity contribution in [2.45, 2.75) is 20.4 Å². The van der Waals surface area contributed by atoms with Crippen LogP contribution in [0.15, 0.2) is 42.5 Å². The van der Waals surface area contributed by atoms with Gasteiger partial charge in [-0.05, 0) is 43.2 Å². The second kappa shape index (κ2) is 10.2. The summed E-state index contributed by atoms with van der Waals surface area (Å²) in [6.45, 7) is 4.33. The summed E-state index contributed by atoms with van der Waals surface area (Å²) >= 11 is 0. The number of carbonyl (C=O) groups is 2. The first-order valence-electron chi connectivity index (χ1n) is 8.66. The van der Waals surface area contributed by atoms with E-state index in [0.29, 0.717) is 24.7 Å². The predicted octanol–water partition coefficient (Wildman–Crippen LogP) is 2.59. The smallest absolute Gasteiger partial charge is 0.317 e. The first kappa shape index (κ1) is 20.3. The van der Waals surface area contributed by atoms with Gasteiger partial charge in [-0.1, -0.05) is 24.3 Å². The van der Waals surface area contributed by atoms with Crippen molar-refractivity contribution >= 4 is 17.6 Å². The third kappa shape index (κ3) is 6.63. The summed E-state index contributed by atoms with van der Waals surface area (Å²) in [5.41, 5.74) is 2.58. The Morgan fingerprint density at radius 1 is 1.07 bits per heavy atom. The lowest BCUT2D eigenvalue weighted by atomic mass is 10.2. The number of anilines is 1. The Balaban J connectivity index is 1.96. The minimum atomic E-state index is -0.917. The molecule has 0 aliphatic heterocycles. The number of ether oxygens (including phenoxy) is 2. The molecule has 7 heteroatoms. The number of benzene rings is 2. The molecule has 0 unspecified atom stereocenters. The summed E-state index contributed by atoms with van der Waals surface area (Å²) in [7, 11) is 0. The molecule has 0 saturated heterocycles. The van der Waals surface area contributed by atoms with E-state index in [4.69, 9.17) is 14.6 Å². The molecule has 0 atom stereocenters. The van der Waals surface area contributed by atoms with Crippen LogP contribution in [-0.2, 0) is 16.1 Å². The monoisotopic (exact) mass is 372 g/mol. The van der Waals surface area contributed by atoms with E-state index in [2.05, 4.69) is 10.6 Å². The van der Waals surface area contributed by atoms with Gasteiger partial charge in [0.05, 0.1) is 13.2 Å². The number of carboxylic acid groups (broad SMARTS) is 1. The van der Waals surface area contributed by atoms with Gasteiger partial charge in [0.1, 0.15) is 0 Å². The fourth-order valence-electron chi connectivity index (χ4n) is 2.41. The number of aryl methyl sites for hydroxylation is 1. The molecule has 0 aliphatic rings. The number of aliphatic carboxylic acids is 1. The van der Waals surface area contributed by atoms with Crippen LogP contribution in [0.4, 0.5) is 5.69 Å². The van der Waals surface area contributed by atoms with Crippen LogP contribution in [-0.4, -0.2) is 36.7 Å². The molecule has 0 aromatic heterocycles. The van der Waals surface area contributed by atoms with Gasteiger partial charge in [0, 0.05) is 12.2 Å². The van der Waals surface area contributed by atoms with Crippen molar-refractivity contribution in [3.8, 4) is 11.5 Å². The molecule has 7 nitrogen and oxygen atoms in total. The van der Waals surface area contributed by atoms with Gasteiger partial charge in [-0.3, -0.25) is 9.59 Å². The minimum absolute atomic E-state index is 0.124. The summed E-state index contributed by atoms with van der Waals surface area (Å²) in [4.78, 5) is 22.7.